The van der Waals surface area contributed by atoms with Crippen LogP contribution in [0.1, 0.15) is 6.92 Å². The number of carbonyl (C=O) groups is 1. The molecule has 0 aliphatic carbocycles. The molecule has 0 radical (unpaired) electrons. The van der Waals surface area contributed by atoms with Gasteiger partial charge >= 0.3 is 5.97 Å². The Hall–Kier alpha value is -1.47. The molecule has 0 aromatic carbocycles. The fraction of sp³-hybridized carbons (Fsp3) is 0.444. The molecule has 4 nitrogen and oxygen atoms in total. The van der Waals surface area contributed by atoms with Crippen LogP contribution in [0.3, 0.4) is 0 Å². The highest BCUT2D eigenvalue weighted by molar-refractivity contribution is 5.86. The molecule has 1 heterocycles. The Morgan fingerprint density at radius 1 is 1.85 bits per heavy atom. The molecule has 0 aromatic rings. The van der Waals surface area contributed by atoms with E-state index in [0.29, 0.717) is 12.2 Å². The van der Waals surface area contributed by atoms with Crippen LogP contribution >= 0.6 is 0 Å². The minimum atomic E-state index is -1.02. The molecule has 1 unspecified atom stereocenters. The lowest BCUT2D eigenvalue weighted by Gasteiger charge is -2.24. The molecule has 0 saturated heterocycles. The zero-order valence-corrected chi connectivity index (χ0v) is 7.59. The van der Waals surface area contributed by atoms with Gasteiger partial charge in [-0.25, -0.2) is 4.79 Å². The fourth-order valence-electron chi connectivity index (χ4n) is 1.03. The summed E-state index contributed by atoms with van der Waals surface area (Å²) < 4.78 is 9.96. The number of hydrogen-bond donors (Lipinski definition) is 1. The smallest absolute Gasteiger partial charge is 0.335 e. The van der Waals surface area contributed by atoms with Gasteiger partial charge in [0.25, 0.3) is 5.79 Å². The summed E-state index contributed by atoms with van der Waals surface area (Å²) in [6, 6.07) is 0. The summed E-state index contributed by atoms with van der Waals surface area (Å²) >= 11 is 0. The third-order valence-electron chi connectivity index (χ3n) is 1.82. The maximum absolute atomic E-state index is 10.9. The van der Waals surface area contributed by atoms with Crippen molar-refractivity contribution < 1.29 is 14.3 Å². The Kier molecular flexibility index (Phi) is 2.59. The zero-order chi connectivity index (χ0) is 9.90. The average Bonchev–Trinajstić information content (AvgIpc) is 2.39. The monoisotopic (exact) mass is 181 g/mol. The predicted octanol–water partition coefficient (Wildman–Crippen LogP) is 0.0125. The molecule has 13 heavy (non-hydrogen) atoms. The van der Waals surface area contributed by atoms with E-state index in [2.05, 4.69) is 11.2 Å². The molecule has 0 amide bonds. The van der Waals surface area contributed by atoms with Gasteiger partial charge in [-0.3, -0.25) is 0 Å². The van der Waals surface area contributed by atoms with E-state index in [4.69, 9.17) is 15.9 Å². The third-order valence-corrected chi connectivity index (χ3v) is 1.82. The van der Waals surface area contributed by atoms with Crippen LogP contribution in [-0.4, -0.2) is 25.4 Å². The largest absolute Gasteiger partial charge is 0.424 e. The highest BCUT2D eigenvalue weighted by Crippen LogP contribution is 2.25. The van der Waals surface area contributed by atoms with E-state index in [-0.39, 0.29) is 0 Å². The second-order valence-electron chi connectivity index (χ2n) is 2.69. The predicted molar refractivity (Wildman–Crippen MR) is 46.4 cm³/mol. The standard InChI is InChI=1S/C9H11NO3/c1-4-5-10-7-6-8(11)13-9(7,2)12-3/h1,6,10H,5H2,2-3H3. The van der Waals surface area contributed by atoms with Crippen LogP contribution in [0.4, 0.5) is 0 Å². The van der Waals surface area contributed by atoms with Gasteiger partial charge in [-0.05, 0) is 0 Å². The van der Waals surface area contributed by atoms with Crippen LogP contribution in [0.2, 0.25) is 0 Å². The summed E-state index contributed by atoms with van der Waals surface area (Å²) in [5.74, 6) is 0.950. The SMILES string of the molecule is C#CCNC1=CC(=O)OC1(C)OC. The quantitative estimate of drug-likeness (QED) is 0.492. The maximum Gasteiger partial charge on any atom is 0.335 e. The molecule has 70 valence electrons. The molecule has 1 aliphatic rings. The number of carbonyl (C=O) groups excluding carboxylic acids is 1. The topological polar surface area (TPSA) is 47.6 Å². The van der Waals surface area contributed by atoms with E-state index in [9.17, 15) is 4.79 Å². The van der Waals surface area contributed by atoms with Crippen molar-refractivity contribution in [3.63, 3.8) is 0 Å². The molecule has 1 atom stereocenters. The van der Waals surface area contributed by atoms with Crippen molar-refractivity contribution in [1.82, 2.24) is 5.32 Å². The summed E-state index contributed by atoms with van der Waals surface area (Å²) in [6.07, 6.45) is 6.40. The van der Waals surface area contributed by atoms with Gasteiger partial charge in [0.05, 0.1) is 12.2 Å². The minimum absolute atomic E-state index is 0.335. The highest BCUT2D eigenvalue weighted by atomic mass is 16.7. The number of hydrogen-bond acceptors (Lipinski definition) is 4. The molecule has 1 rings (SSSR count). The lowest BCUT2D eigenvalue weighted by molar-refractivity contribution is -0.186. The van der Waals surface area contributed by atoms with Gasteiger partial charge in [0, 0.05) is 20.1 Å². The van der Waals surface area contributed by atoms with Gasteiger partial charge in [-0.2, -0.15) is 0 Å². The Bertz CT molecular complexity index is 290. The summed E-state index contributed by atoms with van der Waals surface area (Å²) in [6.45, 7) is 1.98. The van der Waals surface area contributed by atoms with E-state index >= 15 is 0 Å². The van der Waals surface area contributed by atoms with Crippen molar-refractivity contribution >= 4 is 5.97 Å². The van der Waals surface area contributed by atoms with Gasteiger partial charge in [-0.1, -0.05) is 5.92 Å². The zero-order valence-electron chi connectivity index (χ0n) is 7.59. The molecule has 0 spiro atoms. The molecule has 0 aromatic heterocycles. The van der Waals surface area contributed by atoms with Gasteiger partial charge in [0.1, 0.15) is 0 Å². The third kappa shape index (κ3) is 1.82. The van der Waals surface area contributed by atoms with E-state index in [0.717, 1.165) is 0 Å². The molecular weight excluding hydrogens is 170 g/mol. The first-order chi connectivity index (χ1) is 6.12. The Balaban J connectivity index is 2.74. The van der Waals surface area contributed by atoms with E-state index < -0.39 is 11.8 Å². The Morgan fingerprint density at radius 3 is 3.08 bits per heavy atom. The Morgan fingerprint density at radius 2 is 2.54 bits per heavy atom. The molecule has 4 heteroatoms. The normalized spacial score (nSPS) is 26.2. The number of methoxy groups -OCH3 is 1. The molecule has 0 fully saturated rings. The lowest BCUT2D eigenvalue weighted by Crippen LogP contribution is -2.36. The Labute approximate surface area is 76.9 Å². The summed E-state index contributed by atoms with van der Waals surface area (Å²) in [5.41, 5.74) is 0.554. The van der Waals surface area contributed by atoms with Crippen molar-refractivity contribution in [2.24, 2.45) is 0 Å². The van der Waals surface area contributed by atoms with Crippen LogP contribution in [0.5, 0.6) is 0 Å². The van der Waals surface area contributed by atoms with E-state index in [1.54, 1.807) is 6.92 Å². The first kappa shape index (κ1) is 9.62. The van der Waals surface area contributed by atoms with Crippen molar-refractivity contribution in [2.75, 3.05) is 13.7 Å². The van der Waals surface area contributed by atoms with Gasteiger partial charge < -0.3 is 14.8 Å². The first-order valence-electron chi connectivity index (χ1n) is 3.80. The molecule has 0 saturated carbocycles. The van der Waals surface area contributed by atoms with E-state index in [1.165, 1.54) is 13.2 Å². The van der Waals surface area contributed by atoms with Crippen molar-refractivity contribution in [3.05, 3.63) is 11.8 Å². The molecule has 1 aliphatic heterocycles. The maximum atomic E-state index is 10.9. The van der Waals surface area contributed by atoms with Crippen LogP contribution in [-0.2, 0) is 14.3 Å². The number of cyclic esters (lactones) is 1. The number of rotatable bonds is 3. The highest BCUT2D eigenvalue weighted by Gasteiger charge is 2.38. The van der Waals surface area contributed by atoms with Gasteiger partial charge in [-0.15, -0.1) is 6.42 Å². The first-order valence-corrected chi connectivity index (χ1v) is 3.80. The van der Waals surface area contributed by atoms with Crippen LogP contribution in [0.15, 0.2) is 11.8 Å². The number of nitrogens with one attached hydrogen (secondary N) is 1. The van der Waals surface area contributed by atoms with Gasteiger partial charge in [0.2, 0.25) is 0 Å². The van der Waals surface area contributed by atoms with Crippen LogP contribution in [0, 0.1) is 12.3 Å². The lowest BCUT2D eigenvalue weighted by atomic mass is 10.2. The van der Waals surface area contributed by atoms with Crippen LogP contribution < -0.4 is 5.32 Å². The summed E-state index contributed by atoms with van der Waals surface area (Å²) in [4.78, 5) is 10.9. The molecule has 1 N–H and O–H groups in total. The minimum Gasteiger partial charge on any atom is -0.424 e. The summed E-state index contributed by atoms with van der Waals surface area (Å²) in [7, 11) is 1.46. The average molecular weight is 181 g/mol. The number of esters is 1. The van der Waals surface area contributed by atoms with E-state index in [1.807, 2.05) is 0 Å². The van der Waals surface area contributed by atoms with Gasteiger partial charge in [0.15, 0.2) is 0 Å². The fourth-order valence-corrected chi connectivity index (χ4v) is 1.03. The molecule has 0 bridgehead atoms. The summed E-state index contributed by atoms with van der Waals surface area (Å²) in [5, 5.41) is 2.86. The number of ether oxygens (including phenoxy) is 2. The number of terminal acetylenes is 1. The second kappa shape index (κ2) is 3.50. The van der Waals surface area contributed by atoms with Crippen molar-refractivity contribution in [2.45, 2.75) is 12.7 Å². The van der Waals surface area contributed by atoms with Crippen molar-refractivity contribution in [3.8, 4) is 12.3 Å². The second-order valence-corrected chi connectivity index (χ2v) is 2.69. The molecular formula is C9H11NO3. The van der Waals surface area contributed by atoms with Crippen LogP contribution in [0.25, 0.3) is 0 Å². The van der Waals surface area contributed by atoms with Crippen molar-refractivity contribution in [1.29, 1.82) is 0 Å².